The van der Waals surface area contributed by atoms with Gasteiger partial charge in [0, 0.05) is 12.4 Å². The first-order chi connectivity index (χ1) is 6.38. The molecule has 76 valence electrons. The summed E-state index contributed by atoms with van der Waals surface area (Å²) in [6.45, 7) is 5.38. The lowest BCUT2D eigenvalue weighted by Crippen LogP contribution is -2.24. The molecule has 0 aliphatic heterocycles. The highest BCUT2D eigenvalue weighted by Gasteiger charge is 2.18. The Morgan fingerprint density at radius 2 is 1.86 bits per heavy atom. The Labute approximate surface area is 87.3 Å². The van der Waals surface area contributed by atoms with Crippen LogP contribution in [-0.4, -0.2) is 21.5 Å². The normalized spacial score (nSPS) is 11.1. The maximum absolute atomic E-state index is 11.4. The molecule has 0 fully saturated rings. The van der Waals surface area contributed by atoms with Crippen molar-refractivity contribution in [3.63, 3.8) is 0 Å². The predicted octanol–water partition coefficient (Wildman–Crippen LogP) is 2.09. The molecule has 0 unspecified atom stereocenters. The van der Waals surface area contributed by atoms with Crippen molar-refractivity contribution in [2.24, 2.45) is 0 Å². The van der Waals surface area contributed by atoms with Gasteiger partial charge in [-0.05, 0) is 32.4 Å². The molecule has 0 radical (unpaired) electrons. The molecule has 0 saturated heterocycles. The SMILES string of the molecule is CC(C)(C)OC(=O)c1cnc(Cl)nc1. The zero-order valence-corrected chi connectivity index (χ0v) is 9.00. The van der Waals surface area contributed by atoms with Crippen molar-refractivity contribution in [2.75, 3.05) is 0 Å². The van der Waals surface area contributed by atoms with Crippen LogP contribution in [0.15, 0.2) is 12.4 Å². The average Bonchev–Trinajstić information content (AvgIpc) is 2.02. The Hall–Kier alpha value is -1.16. The van der Waals surface area contributed by atoms with Crippen LogP contribution in [-0.2, 0) is 4.74 Å². The summed E-state index contributed by atoms with van der Waals surface area (Å²) in [4.78, 5) is 18.8. The minimum Gasteiger partial charge on any atom is -0.456 e. The van der Waals surface area contributed by atoms with Gasteiger partial charge >= 0.3 is 5.97 Å². The molecule has 0 saturated carbocycles. The summed E-state index contributed by atoms with van der Waals surface area (Å²) in [7, 11) is 0. The van der Waals surface area contributed by atoms with Crippen LogP contribution in [0.5, 0.6) is 0 Å². The molecule has 1 aromatic heterocycles. The lowest BCUT2D eigenvalue weighted by atomic mass is 10.2. The van der Waals surface area contributed by atoms with Gasteiger partial charge in [0.15, 0.2) is 0 Å². The molecule has 1 heterocycles. The molecule has 0 aliphatic carbocycles. The zero-order chi connectivity index (χ0) is 10.8. The van der Waals surface area contributed by atoms with Crippen molar-refractivity contribution < 1.29 is 9.53 Å². The van der Waals surface area contributed by atoms with E-state index in [0.717, 1.165) is 0 Å². The highest BCUT2D eigenvalue weighted by molar-refractivity contribution is 6.28. The van der Waals surface area contributed by atoms with Crippen LogP contribution in [0.3, 0.4) is 0 Å². The van der Waals surface area contributed by atoms with Gasteiger partial charge in [0.2, 0.25) is 5.28 Å². The third-order valence-electron chi connectivity index (χ3n) is 1.25. The number of esters is 1. The van der Waals surface area contributed by atoms with Crippen molar-refractivity contribution >= 4 is 17.6 Å². The molecular weight excluding hydrogens is 204 g/mol. The maximum Gasteiger partial charge on any atom is 0.341 e. The van der Waals surface area contributed by atoms with Crippen molar-refractivity contribution in [2.45, 2.75) is 26.4 Å². The van der Waals surface area contributed by atoms with Crippen molar-refractivity contribution in [1.29, 1.82) is 0 Å². The fourth-order valence-electron chi connectivity index (χ4n) is 0.755. The van der Waals surface area contributed by atoms with Crippen LogP contribution in [0.1, 0.15) is 31.1 Å². The Kier molecular flexibility index (Phi) is 3.06. The van der Waals surface area contributed by atoms with E-state index in [2.05, 4.69) is 9.97 Å². The quantitative estimate of drug-likeness (QED) is 0.531. The van der Waals surface area contributed by atoms with Crippen molar-refractivity contribution in [3.8, 4) is 0 Å². The van der Waals surface area contributed by atoms with Gasteiger partial charge in [-0.15, -0.1) is 0 Å². The summed E-state index contributed by atoms with van der Waals surface area (Å²) in [6, 6.07) is 0. The van der Waals surface area contributed by atoms with Gasteiger partial charge < -0.3 is 4.74 Å². The third kappa shape index (κ3) is 3.30. The van der Waals surface area contributed by atoms with E-state index in [0.29, 0.717) is 5.56 Å². The van der Waals surface area contributed by atoms with Crippen LogP contribution >= 0.6 is 11.6 Å². The van der Waals surface area contributed by atoms with E-state index in [-0.39, 0.29) is 5.28 Å². The second-order valence-electron chi connectivity index (χ2n) is 3.74. The van der Waals surface area contributed by atoms with E-state index < -0.39 is 11.6 Å². The second-order valence-corrected chi connectivity index (χ2v) is 4.08. The maximum atomic E-state index is 11.4. The first-order valence-corrected chi connectivity index (χ1v) is 4.47. The highest BCUT2D eigenvalue weighted by atomic mass is 35.5. The minimum absolute atomic E-state index is 0.109. The fraction of sp³-hybridized carbons (Fsp3) is 0.444. The van der Waals surface area contributed by atoms with E-state index in [4.69, 9.17) is 16.3 Å². The molecule has 0 bridgehead atoms. The van der Waals surface area contributed by atoms with Gasteiger partial charge in [0.1, 0.15) is 5.60 Å². The molecule has 4 nitrogen and oxygen atoms in total. The van der Waals surface area contributed by atoms with Gasteiger partial charge in [-0.2, -0.15) is 0 Å². The van der Waals surface area contributed by atoms with Crippen LogP contribution in [0.25, 0.3) is 0 Å². The molecule has 0 spiro atoms. The summed E-state index contributed by atoms with van der Waals surface area (Å²) in [5.74, 6) is -0.450. The summed E-state index contributed by atoms with van der Waals surface area (Å²) in [5, 5.41) is 0.109. The number of aromatic nitrogens is 2. The first-order valence-electron chi connectivity index (χ1n) is 4.09. The van der Waals surface area contributed by atoms with E-state index in [9.17, 15) is 4.79 Å². The van der Waals surface area contributed by atoms with Crippen molar-refractivity contribution in [1.82, 2.24) is 9.97 Å². The van der Waals surface area contributed by atoms with Crippen molar-refractivity contribution in [3.05, 3.63) is 23.2 Å². The molecule has 0 amide bonds. The molecule has 0 aliphatic rings. The lowest BCUT2D eigenvalue weighted by molar-refractivity contribution is 0.00686. The number of nitrogens with zero attached hydrogens (tertiary/aromatic N) is 2. The monoisotopic (exact) mass is 214 g/mol. The number of ether oxygens (including phenoxy) is 1. The molecule has 5 heteroatoms. The van der Waals surface area contributed by atoms with Gasteiger partial charge in [-0.25, -0.2) is 14.8 Å². The zero-order valence-electron chi connectivity index (χ0n) is 8.24. The van der Waals surface area contributed by atoms with E-state index in [1.807, 2.05) is 0 Å². The number of halogens is 1. The summed E-state index contributed by atoms with van der Waals surface area (Å²) in [5.41, 5.74) is -0.221. The predicted molar refractivity (Wildman–Crippen MR) is 52.2 cm³/mol. The molecular formula is C9H11ClN2O2. The van der Waals surface area contributed by atoms with Crippen LogP contribution in [0.4, 0.5) is 0 Å². The van der Waals surface area contributed by atoms with E-state index >= 15 is 0 Å². The van der Waals surface area contributed by atoms with Gasteiger partial charge in [-0.3, -0.25) is 0 Å². The number of carbonyl (C=O) groups is 1. The smallest absolute Gasteiger partial charge is 0.341 e. The fourth-order valence-corrected chi connectivity index (χ4v) is 0.852. The average molecular weight is 215 g/mol. The number of hydrogen-bond acceptors (Lipinski definition) is 4. The Bertz CT molecular complexity index is 330. The molecule has 0 N–H and O–H groups in total. The Morgan fingerprint density at radius 1 is 1.36 bits per heavy atom. The first kappa shape index (κ1) is 10.9. The third-order valence-corrected chi connectivity index (χ3v) is 1.45. The van der Waals surface area contributed by atoms with Crippen LogP contribution in [0.2, 0.25) is 5.28 Å². The van der Waals surface area contributed by atoms with E-state index in [1.165, 1.54) is 12.4 Å². The van der Waals surface area contributed by atoms with Crippen LogP contribution in [0, 0.1) is 0 Å². The lowest BCUT2D eigenvalue weighted by Gasteiger charge is -2.19. The van der Waals surface area contributed by atoms with Gasteiger partial charge in [-0.1, -0.05) is 0 Å². The largest absolute Gasteiger partial charge is 0.456 e. The number of hydrogen-bond donors (Lipinski definition) is 0. The Balaban J connectivity index is 2.76. The van der Waals surface area contributed by atoms with Gasteiger partial charge in [0.25, 0.3) is 0 Å². The molecule has 0 aromatic carbocycles. The standard InChI is InChI=1S/C9H11ClN2O2/c1-9(2,3)14-7(13)6-4-11-8(10)12-5-6/h4-5H,1-3H3. The topological polar surface area (TPSA) is 52.1 Å². The molecule has 1 rings (SSSR count). The Morgan fingerprint density at radius 3 is 2.29 bits per heavy atom. The summed E-state index contributed by atoms with van der Waals surface area (Å²) >= 11 is 5.48. The second kappa shape index (κ2) is 3.92. The minimum atomic E-state index is -0.517. The van der Waals surface area contributed by atoms with Crippen LogP contribution < -0.4 is 0 Å². The number of rotatable bonds is 1. The molecule has 0 atom stereocenters. The van der Waals surface area contributed by atoms with Gasteiger partial charge in [0.05, 0.1) is 5.56 Å². The highest BCUT2D eigenvalue weighted by Crippen LogP contribution is 2.11. The summed E-state index contributed by atoms with van der Waals surface area (Å²) < 4.78 is 5.10. The summed E-state index contributed by atoms with van der Waals surface area (Å²) in [6.07, 6.45) is 2.67. The molecule has 1 aromatic rings. The number of carbonyl (C=O) groups excluding carboxylic acids is 1. The molecule has 14 heavy (non-hydrogen) atoms. The van der Waals surface area contributed by atoms with E-state index in [1.54, 1.807) is 20.8 Å².